The van der Waals surface area contributed by atoms with Gasteiger partial charge < -0.3 is 10.1 Å². The van der Waals surface area contributed by atoms with Crippen molar-refractivity contribution in [1.82, 2.24) is 15.8 Å². The number of carbonyl (C=O) groups excluding carboxylic acids is 3. The Hall–Kier alpha value is -3.95. The van der Waals surface area contributed by atoms with Crippen LogP contribution in [-0.2, 0) is 15.1 Å². The van der Waals surface area contributed by atoms with Crippen molar-refractivity contribution in [1.29, 1.82) is 0 Å². The van der Waals surface area contributed by atoms with Gasteiger partial charge in [-0.3, -0.25) is 25.1 Å². The molecule has 0 spiro atoms. The lowest BCUT2D eigenvalue weighted by Gasteiger charge is -2.22. The number of non-ortho nitro benzene ring substituents is 1. The number of nitrogens with zero attached hydrogens (tertiary/aromatic N) is 2. The van der Waals surface area contributed by atoms with Crippen LogP contribution in [0.25, 0.3) is 0 Å². The van der Waals surface area contributed by atoms with E-state index in [0.717, 1.165) is 11.1 Å². The molecule has 1 aliphatic heterocycles. The zero-order chi connectivity index (χ0) is 22.1. The number of rotatable bonds is 6. The third kappa shape index (κ3) is 4.07. The van der Waals surface area contributed by atoms with Crippen LogP contribution in [0.2, 0.25) is 0 Å². The molecule has 2 N–H and O–H groups in total. The number of ether oxygens (including phenoxy) is 1. The molecular weight excluding hydrogens is 392 g/mol. The molecule has 2 aromatic carbocycles. The van der Waals surface area contributed by atoms with Crippen LogP contribution in [0.1, 0.15) is 23.6 Å². The number of hydrogen-bond acceptors (Lipinski definition) is 6. The summed E-state index contributed by atoms with van der Waals surface area (Å²) in [5, 5.41) is 13.9. The minimum absolute atomic E-state index is 0.146. The minimum atomic E-state index is -1.48. The van der Waals surface area contributed by atoms with Gasteiger partial charge in [0.15, 0.2) is 6.61 Å². The third-order valence-electron chi connectivity index (χ3n) is 4.65. The highest BCUT2D eigenvalue weighted by Crippen LogP contribution is 2.29. The van der Waals surface area contributed by atoms with E-state index in [2.05, 4.69) is 10.7 Å². The zero-order valence-corrected chi connectivity index (χ0v) is 16.6. The van der Waals surface area contributed by atoms with E-state index in [4.69, 9.17) is 4.74 Å². The SMILES string of the molecule is Cc1cc(C)cc(OCC(=O)NN2C(=O)N[C@@](C)(c3ccc([N+](=O)[O-])cc3)C2=O)c1. The molecular formula is C20H20N4O6. The fraction of sp³-hybridized carbons (Fsp3) is 0.250. The van der Waals surface area contributed by atoms with E-state index in [0.29, 0.717) is 16.3 Å². The number of benzene rings is 2. The monoisotopic (exact) mass is 412 g/mol. The Morgan fingerprint density at radius 3 is 2.33 bits per heavy atom. The van der Waals surface area contributed by atoms with Gasteiger partial charge in [-0.15, -0.1) is 0 Å². The number of amides is 4. The first-order valence-electron chi connectivity index (χ1n) is 9.02. The van der Waals surface area contributed by atoms with Crippen molar-refractivity contribution in [3.8, 4) is 5.75 Å². The maximum Gasteiger partial charge on any atom is 0.344 e. The summed E-state index contributed by atoms with van der Waals surface area (Å²) in [6.45, 7) is 4.85. The molecule has 30 heavy (non-hydrogen) atoms. The molecule has 0 aromatic heterocycles. The maximum atomic E-state index is 12.8. The molecule has 0 aliphatic carbocycles. The topological polar surface area (TPSA) is 131 Å². The van der Waals surface area contributed by atoms with E-state index < -0.39 is 34.9 Å². The second kappa shape index (κ2) is 7.82. The zero-order valence-electron chi connectivity index (χ0n) is 16.6. The van der Waals surface area contributed by atoms with E-state index in [1.807, 2.05) is 19.9 Å². The van der Waals surface area contributed by atoms with Crippen LogP contribution in [0.5, 0.6) is 5.75 Å². The number of carbonyl (C=O) groups is 3. The summed E-state index contributed by atoms with van der Waals surface area (Å²) in [6, 6.07) is 9.90. The van der Waals surface area contributed by atoms with Crippen LogP contribution >= 0.6 is 0 Å². The van der Waals surface area contributed by atoms with Crippen molar-refractivity contribution in [2.75, 3.05) is 6.61 Å². The molecule has 0 radical (unpaired) electrons. The first-order valence-corrected chi connectivity index (χ1v) is 9.02. The Labute approximate surface area is 171 Å². The second-order valence-corrected chi connectivity index (χ2v) is 7.15. The fourth-order valence-electron chi connectivity index (χ4n) is 3.17. The lowest BCUT2D eigenvalue weighted by molar-refractivity contribution is -0.384. The molecule has 156 valence electrons. The molecule has 1 aliphatic rings. The molecule has 10 heteroatoms. The van der Waals surface area contributed by atoms with Gasteiger partial charge in [-0.25, -0.2) is 4.79 Å². The standard InChI is InChI=1S/C20H20N4O6/c1-12-8-13(2)10-16(9-12)30-11-17(25)22-23-18(26)20(3,21-19(23)27)14-4-6-15(7-5-14)24(28)29/h4-10H,11H2,1-3H3,(H,21,27)(H,22,25)/t20-/m0/s1. The molecule has 1 atom stereocenters. The molecule has 1 heterocycles. The molecule has 2 aromatic rings. The summed E-state index contributed by atoms with van der Waals surface area (Å²) in [5.41, 5.74) is 2.89. The van der Waals surface area contributed by atoms with Gasteiger partial charge in [0.2, 0.25) is 0 Å². The highest BCUT2D eigenvalue weighted by molar-refractivity contribution is 6.08. The van der Waals surface area contributed by atoms with Gasteiger partial charge in [0.1, 0.15) is 11.3 Å². The highest BCUT2D eigenvalue weighted by Gasteiger charge is 2.50. The van der Waals surface area contributed by atoms with E-state index in [9.17, 15) is 24.5 Å². The smallest absolute Gasteiger partial charge is 0.344 e. The average molecular weight is 412 g/mol. The third-order valence-corrected chi connectivity index (χ3v) is 4.65. The molecule has 0 saturated carbocycles. The Morgan fingerprint density at radius 1 is 1.17 bits per heavy atom. The van der Waals surface area contributed by atoms with Gasteiger partial charge in [0, 0.05) is 12.1 Å². The number of nitro groups is 1. The predicted octanol–water partition coefficient (Wildman–Crippen LogP) is 2.09. The Bertz CT molecular complexity index is 1020. The first kappa shape index (κ1) is 20.8. The highest BCUT2D eigenvalue weighted by atomic mass is 16.6. The normalized spacial score (nSPS) is 18.2. The van der Waals surface area contributed by atoms with Gasteiger partial charge in [-0.2, -0.15) is 5.01 Å². The molecule has 3 rings (SSSR count). The van der Waals surface area contributed by atoms with Crippen molar-refractivity contribution in [3.05, 3.63) is 69.3 Å². The summed E-state index contributed by atoms with van der Waals surface area (Å²) >= 11 is 0. The summed E-state index contributed by atoms with van der Waals surface area (Å²) in [5.74, 6) is -0.915. The lowest BCUT2D eigenvalue weighted by Crippen LogP contribution is -2.49. The van der Waals surface area contributed by atoms with Crippen molar-refractivity contribution >= 4 is 23.5 Å². The van der Waals surface area contributed by atoms with Crippen LogP contribution in [0, 0.1) is 24.0 Å². The van der Waals surface area contributed by atoms with Gasteiger partial charge in [-0.05, 0) is 61.7 Å². The van der Waals surface area contributed by atoms with Gasteiger partial charge in [0.05, 0.1) is 4.92 Å². The molecule has 1 fully saturated rings. The number of nitro benzene ring substituents is 1. The predicted molar refractivity (Wildman–Crippen MR) is 105 cm³/mol. The van der Waals surface area contributed by atoms with Gasteiger partial charge in [0.25, 0.3) is 17.5 Å². The van der Waals surface area contributed by atoms with Crippen LogP contribution in [0.3, 0.4) is 0 Å². The number of hydrogen-bond donors (Lipinski definition) is 2. The molecule has 4 amide bonds. The van der Waals surface area contributed by atoms with Crippen LogP contribution in [0.4, 0.5) is 10.5 Å². The summed E-state index contributed by atoms with van der Waals surface area (Å²) < 4.78 is 5.44. The lowest BCUT2D eigenvalue weighted by atomic mass is 9.92. The largest absolute Gasteiger partial charge is 0.484 e. The number of urea groups is 1. The minimum Gasteiger partial charge on any atom is -0.484 e. The Kier molecular flexibility index (Phi) is 5.41. The van der Waals surface area contributed by atoms with Crippen molar-refractivity contribution < 1.29 is 24.0 Å². The van der Waals surface area contributed by atoms with E-state index in [-0.39, 0.29) is 5.69 Å². The van der Waals surface area contributed by atoms with E-state index in [1.54, 1.807) is 12.1 Å². The van der Waals surface area contributed by atoms with E-state index in [1.165, 1.54) is 31.2 Å². The average Bonchev–Trinajstić information content (AvgIpc) is 2.90. The molecule has 0 unspecified atom stereocenters. The molecule has 0 bridgehead atoms. The van der Waals surface area contributed by atoms with Crippen LogP contribution in [0.15, 0.2) is 42.5 Å². The van der Waals surface area contributed by atoms with Gasteiger partial charge >= 0.3 is 6.03 Å². The summed E-state index contributed by atoms with van der Waals surface area (Å²) in [7, 11) is 0. The van der Waals surface area contributed by atoms with Crippen molar-refractivity contribution in [2.24, 2.45) is 0 Å². The Morgan fingerprint density at radius 2 is 1.77 bits per heavy atom. The quantitative estimate of drug-likeness (QED) is 0.424. The summed E-state index contributed by atoms with van der Waals surface area (Å²) in [4.78, 5) is 47.5. The van der Waals surface area contributed by atoms with Crippen LogP contribution in [-0.4, -0.2) is 34.4 Å². The van der Waals surface area contributed by atoms with Crippen molar-refractivity contribution in [3.63, 3.8) is 0 Å². The molecule has 10 nitrogen and oxygen atoms in total. The number of imide groups is 1. The van der Waals surface area contributed by atoms with E-state index >= 15 is 0 Å². The van der Waals surface area contributed by atoms with Gasteiger partial charge in [-0.1, -0.05) is 6.07 Å². The van der Waals surface area contributed by atoms with Crippen molar-refractivity contribution in [2.45, 2.75) is 26.3 Å². The maximum absolute atomic E-state index is 12.8. The molecule has 1 saturated heterocycles. The number of aryl methyl sites for hydroxylation is 2. The second-order valence-electron chi connectivity index (χ2n) is 7.15. The summed E-state index contributed by atoms with van der Waals surface area (Å²) in [6.07, 6.45) is 0. The number of hydrazine groups is 1. The first-order chi connectivity index (χ1) is 14.1. The fourth-order valence-corrected chi connectivity index (χ4v) is 3.17. The Balaban J connectivity index is 1.68. The van der Waals surface area contributed by atoms with Crippen LogP contribution < -0.4 is 15.5 Å². The number of nitrogens with one attached hydrogen (secondary N) is 2.